The first-order valence-electron chi connectivity index (χ1n) is 5.75. The van der Waals surface area contributed by atoms with Crippen LogP contribution in [0.4, 0.5) is 4.39 Å². The Morgan fingerprint density at radius 1 is 1.31 bits per heavy atom. The topological polar surface area (TPSA) is 17.0 Å². The molecule has 2 nitrogen and oxygen atoms in total. The van der Waals surface area contributed by atoms with Gasteiger partial charge in [-0.15, -0.1) is 0 Å². The van der Waals surface area contributed by atoms with Gasteiger partial charge in [-0.25, -0.2) is 4.39 Å². The largest absolute Gasteiger partial charge is 0.344 e. The molecule has 1 aromatic carbocycles. The Morgan fingerprint density at radius 2 is 2.12 bits per heavy atom. The van der Waals surface area contributed by atoms with Crippen LogP contribution in [0.3, 0.4) is 0 Å². The van der Waals surface area contributed by atoms with Crippen molar-refractivity contribution in [3.05, 3.63) is 35.8 Å². The first-order chi connectivity index (χ1) is 7.77. The normalized spacial score (nSPS) is 11.2. The van der Waals surface area contributed by atoms with E-state index in [9.17, 15) is 4.39 Å². The molecule has 0 saturated carbocycles. The van der Waals surface area contributed by atoms with E-state index >= 15 is 0 Å². The molecule has 16 heavy (non-hydrogen) atoms. The number of nitrogens with one attached hydrogen (secondary N) is 1. The summed E-state index contributed by atoms with van der Waals surface area (Å²) < 4.78 is 15.8. The van der Waals surface area contributed by atoms with Crippen LogP contribution in [-0.2, 0) is 13.1 Å². The molecule has 0 fully saturated rings. The van der Waals surface area contributed by atoms with Gasteiger partial charge in [0.15, 0.2) is 0 Å². The number of rotatable bonds is 4. The van der Waals surface area contributed by atoms with Gasteiger partial charge in [0.2, 0.25) is 0 Å². The van der Waals surface area contributed by atoms with E-state index in [1.807, 2.05) is 12.1 Å². The summed E-state index contributed by atoms with van der Waals surface area (Å²) in [5.41, 5.74) is 2.12. The second-order valence-corrected chi connectivity index (χ2v) is 3.83. The van der Waals surface area contributed by atoms with Crippen molar-refractivity contribution in [2.24, 2.45) is 0 Å². The van der Waals surface area contributed by atoms with Crippen LogP contribution in [0.2, 0.25) is 0 Å². The van der Waals surface area contributed by atoms with Gasteiger partial charge in [-0.3, -0.25) is 0 Å². The molecule has 0 atom stereocenters. The van der Waals surface area contributed by atoms with E-state index in [1.54, 1.807) is 6.07 Å². The van der Waals surface area contributed by atoms with Crippen molar-refractivity contribution in [1.29, 1.82) is 0 Å². The van der Waals surface area contributed by atoms with Gasteiger partial charge in [-0.2, -0.15) is 0 Å². The summed E-state index contributed by atoms with van der Waals surface area (Å²) >= 11 is 0. The van der Waals surface area contributed by atoms with Crippen LogP contribution >= 0.6 is 0 Å². The summed E-state index contributed by atoms with van der Waals surface area (Å²) in [5, 5.41) is 4.00. The molecule has 0 unspecified atom stereocenters. The Kier molecular flexibility index (Phi) is 3.25. The Morgan fingerprint density at radius 3 is 2.81 bits per heavy atom. The van der Waals surface area contributed by atoms with E-state index < -0.39 is 0 Å². The maximum absolute atomic E-state index is 13.6. The number of aromatic nitrogens is 1. The van der Waals surface area contributed by atoms with Crippen molar-refractivity contribution in [3.63, 3.8) is 0 Å². The fourth-order valence-electron chi connectivity index (χ4n) is 2.08. The molecule has 0 amide bonds. The highest BCUT2D eigenvalue weighted by molar-refractivity contribution is 5.82. The summed E-state index contributed by atoms with van der Waals surface area (Å²) in [6.45, 7) is 6.74. The highest BCUT2D eigenvalue weighted by Crippen LogP contribution is 2.22. The summed E-state index contributed by atoms with van der Waals surface area (Å²) in [7, 11) is 0. The van der Waals surface area contributed by atoms with Crippen LogP contribution in [0.25, 0.3) is 10.9 Å². The Hall–Kier alpha value is -1.35. The fourth-order valence-corrected chi connectivity index (χ4v) is 2.08. The van der Waals surface area contributed by atoms with Crippen LogP contribution in [0.15, 0.2) is 24.3 Å². The number of aryl methyl sites for hydroxylation is 1. The highest BCUT2D eigenvalue weighted by Gasteiger charge is 2.09. The van der Waals surface area contributed by atoms with Gasteiger partial charge < -0.3 is 9.88 Å². The van der Waals surface area contributed by atoms with Crippen molar-refractivity contribution in [2.45, 2.75) is 26.9 Å². The van der Waals surface area contributed by atoms with Gasteiger partial charge >= 0.3 is 0 Å². The molecule has 1 N–H and O–H groups in total. The summed E-state index contributed by atoms with van der Waals surface area (Å²) in [6, 6.07) is 7.19. The number of fused-ring (bicyclic) bond motifs is 1. The lowest BCUT2D eigenvalue weighted by Gasteiger charge is -2.07. The monoisotopic (exact) mass is 220 g/mol. The average Bonchev–Trinajstić information content (AvgIpc) is 2.65. The van der Waals surface area contributed by atoms with E-state index in [2.05, 4.69) is 23.7 Å². The summed E-state index contributed by atoms with van der Waals surface area (Å²) in [5.74, 6) is -0.137. The molecule has 1 heterocycles. The van der Waals surface area contributed by atoms with Crippen LogP contribution < -0.4 is 5.32 Å². The molecular weight excluding hydrogens is 203 g/mol. The molecule has 0 radical (unpaired) electrons. The smallest absolute Gasteiger partial charge is 0.132 e. The zero-order valence-electron chi connectivity index (χ0n) is 9.76. The Labute approximate surface area is 95.1 Å². The molecule has 0 spiro atoms. The maximum Gasteiger partial charge on any atom is 0.132 e. The molecule has 2 aromatic rings. The van der Waals surface area contributed by atoms with Crippen LogP contribution in [-0.4, -0.2) is 11.1 Å². The highest BCUT2D eigenvalue weighted by atomic mass is 19.1. The number of nitrogens with zero attached hydrogens (tertiary/aromatic N) is 1. The van der Waals surface area contributed by atoms with E-state index in [1.165, 1.54) is 6.07 Å². The SMILES string of the molecule is CCNCc1cc2c(F)cccc2n1CC. The van der Waals surface area contributed by atoms with E-state index in [0.29, 0.717) is 0 Å². The van der Waals surface area contributed by atoms with Gasteiger partial charge in [0.25, 0.3) is 0 Å². The quantitative estimate of drug-likeness (QED) is 0.838. The fraction of sp³-hybridized carbons (Fsp3) is 0.385. The first-order valence-corrected chi connectivity index (χ1v) is 5.75. The third-order valence-corrected chi connectivity index (χ3v) is 2.85. The van der Waals surface area contributed by atoms with Gasteiger partial charge in [-0.05, 0) is 31.7 Å². The molecule has 0 aliphatic heterocycles. The standard InChI is InChI=1S/C13H17FN2/c1-3-15-9-10-8-11-12(14)6-5-7-13(11)16(10)4-2/h5-8,15H,3-4,9H2,1-2H3. The molecule has 3 heteroatoms. The van der Waals surface area contributed by atoms with E-state index in [4.69, 9.17) is 0 Å². The number of hydrogen-bond acceptors (Lipinski definition) is 1. The predicted molar refractivity (Wildman–Crippen MR) is 65.0 cm³/mol. The third kappa shape index (κ3) is 1.83. The first kappa shape index (κ1) is 11.1. The lowest BCUT2D eigenvalue weighted by molar-refractivity contribution is 0.639. The zero-order valence-corrected chi connectivity index (χ0v) is 9.76. The number of hydrogen-bond donors (Lipinski definition) is 1. The van der Waals surface area contributed by atoms with Crippen molar-refractivity contribution < 1.29 is 4.39 Å². The van der Waals surface area contributed by atoms with Gasteiger partial charge in [-0.1, -0.05) is 13.0 Å². The number of benzene rings is 1. The average molecular weight is 220 g/mol. The molecule has 86 valence electrons. The molecule has 0 aliphatic rings. The second kappa shape index (κ2) is 4.66. The Balaban J connectivity index is 2.52. The molecule has 0 aliphatic carbocycles. The Bertz CT molecular complexity index is 488. The van der Waals surface area contributed by atoms with Crippen LogP contribution in [0, 0.1) is 5.82 Å². The van der Waals surface area contributed by atoms with Gasteiger partial charge in [0.05, 0.1) is 5.52 Å². The van der Waals surface area contributed by atoms with Crippen molar-refractivity contribution >= 4 is 10.9 Å². The maximum atomic E-state index is 13.6. The lowest BCUT2D eigenvalue weighted by Crippen LogP contribution is -2.14. The molecule has 2 rings (SSSR count). The molecule has 0 saturated heterocycles. The van der Waals surface area contributed by atoms with Crippen LogP contribution in [0.1, 0.15) is 19.5 Å². The van der Waals surface area contributed by atoms with E-state index in [0.717, 1.165) is 36.2 Å². The molecule has 1 aromatic heterocycles. The van der Waals surface area contributed by atoms with Crippen molar-refractivity contribution in [1.82, 2.24) is 9.88 Å². The minimum absolute atomic E-state index is 0.137. The third-order valence-electron chi connectivity index (χ3n) is 2.85. The van der Waals surface area contributed by atoms with E-state index in [-0.39, 0.29) is 5.82 Å². The minimum atomic E-state index is -0.137. The summed E-state index contributed by atoms with van der Waals surface area (Å²) in [4.78, 5) is 0. The number of halogens is 1. The molecule has 0 bridgehead atoms. The lowest BCUT2D eigenvalue weighted by atomic mass is 10.2. The van der Waals surface area contributed by atoms with Crippen molar-refractivity contribution in [2.75, 3.05) is 6.54 Å². The second-order valence-electron chi connectivity index (χ2n) is 3.83. The summed E-state index contributed by atoms with van der Waals surface area (Å²) in [6.07, 6.45) is 0. The predicted octanol–water partition coefficient (Wildman–Crippen LogP) is 2.91. The molecular formula is C13H17FN2. The van der Waals surface area contributed by atoms with Crippen LogP contribution in [0.5, 0.6) is 0 Å². The zero-order chi connectivity index (χ0) is 11.5. The minimum Gasteiger partial charge on any atom is -0.344 e. The van der Waals surface area contributed by atoms with Crippen molar-refractivity contribution in [3.8, 4) is 0 Å². The van der Waals surface area contributed by atoms with Gasteiger partial charge in [0.1, 0.15) is 5.82 Å². The van der Waals surface area contributed by atoms with Gasteiger partial charge in [0, 0.05) is 24.2 Å².